The Hall–Kier alpha value is -2.32. The highest BCUT2D eigenvalue weighted by Crippen LogP contribution is 2.23. The van der Waals surface area contributed by atoms with Crippen molar-refractivity contribution in [1.29, 1.82) is 0 Å². The molecule has 0 saturated carbocycles. The van der Waals surface area contributed by atoms with Gasteiger partial charge in [0.25, 0.3) is 0 Å². The third-order valence-corrected chi connectivity index (χ3v) is 5.79. The lowest BCUT2D eigenvalue weighted by Crippen LogP contribution is -2.61. The Morgan fingerprint density at radius 1 is 1.00 bits per heavy atom. The van der Waals surface area contributed by atoms with Crippen LogP contribution in [-0.4, -0.2) is 89.0 Å². The summed E-state index contributed by atoms with van der Waals surface area (Å²) in [6, 6.07) is 9.81. The van der Waals surface area contributed by atoms with Crippen LogP contribution in [0.4, 0.5) is 9.59 Å². The number of hydrogen-bond acceptors (Lipinski definition) is 6. The molecule has 1 aromatic carbocycles. The molecule has 172 valence electrons. The number of amides is 2. The van der Waals surface area contributed by atoms with Gasteiger partial charge in [-0.15, -0.1) is 0 Å². The Bertz CT molecular complexity index is 728. The summed E-state index contributed by atoms with van der Waals surface area (Å²) in [6.45, 7) is 8.78. The van der Waals surface area contributed by atoms with Gasteiger partial charge in [-0.1, -0.05) is 30.3 Å². The van der Waals surface area contributed by atoms with Gasteiger partial charge in [0.05, 0.1) is 12.6 Å². The molecule has 0 bridgehead atoms. The molecule has 31 heavy (non-hydrogen) atoms. The maximum Gasteiger partial charge on any atom is 0.410 e. The first-order valence-electron chi connectivity index (χ1n) is 11.1. The Morgan fingerprint density at radius 3 is 2.29 bits per heavy atom. The highest BCUT2D eigenvalue weighted by molar-refractivity contribution is 5.68. The fourth-order valence-corrected chi connectivity index (χ4v) is 4.20. The fourth-order valence-electron chi connectivity index (χ4n) is 4.20. The Balaban J connectivity index is 1.46. The van der Waals surface area contributed by atoms with Gasteiger partial charge in [-0.05, 0) is 39.2 Å². The molecule has 1 atom stereocenters. The van der Waals surface area contributed by atoms with E-state index in [-0.39, 0.29) is 37.5 Å². The molecule has 0 aromatic heterocycles. The van der Waals surface area contributed by atoms with Crippen molar-refractivity contribution in [3.63, 3.8) is 0 Å². The number of ether oxygens (including phenoxy) is 2. The summed E-state index contributed by atoms with van der Waals surface area (Å²) >= 11 is 0. The zero-order valence-electron chi connectivity index (χ0n) is 18.8. The minimum Gasteiger partial charge on any atom is -0.445 e. The van der Waals surface area contributed by atoms with Crippen LogP contribution in [0.1, 0.15) is 39.2 Å². The smallest absolute Gasteiger partial charge is 0.410 e. The number of benzene rings is 1. The van der Waals surface area contributed by atoms with Crippen LogP contribution >= 0.6 is 0 Å². The average Bonchev–Trinajstić information content (AvgIpc) is 2.76. The summed E-state index contributed by atoms with van der Waals surface area (Å²) < 4.78 is 10.9. The van der Waals surface area contributed by atoms with Crippen molar-refractivity contribution in [2.75, 3.05) is 39.3 Å². The van der Waals surface area contributed by atoms with Crippen LogP contribution in [0.2, 0.25) is 0 Å². The minimum absolute atomic E-state index is 0.0152. The molecule has 8 nitrogen and oxygen atoms in total. The normalized spacial score (nSPS) is 21.1. The number of likely N-dealkylation sites (tertiary alicyclic amines) is 1. The summed E-state index contributed by atoms with van der Waals surface area (Å²) in [6.07, 6.45) is 1.03. The summed E-state index contributed by atoms with van der Waals surface area (Å²) in [5, 5.41) is 9.94. The highest BCUT2D eigenvalue weighted by atomic mass is 16.6. The highest BCUT2D eigenvalue weighted by Gasteiger charge is 2.36. The molecule has 2 aliphatic rings. The zero-order valence-corrected chi connectivity index (χ0v) is 18.8. The quantitative estimate of drug-likeness (QED) is 0.786. The monoisotopic (exact) mass is 433 g/mol. The van der Waals surface area contributed by atoms with Gasteiger partial charge in [0.1, 0.15) is 12.2 Å². The van der Waals surface area contributed by atoms with Crippen LogP contribution in [0.15, 0.2) is 30.3 Å². The molecule has 0 unspecified atom stereocenters. The van der Waals surface area contributed by atoms with Crippen molar-refractivity contribution in [3.8, 4) is 0 Å². The number of aliphatic hydroxyl groups excluding tert-OH is 1. The summed E-state index contributed by atoms with van der Waals surface area (Å²) in [5.74, 6) is 0. The van der Waals surface area contributed by atoms with E-state index >= 15 is 0 Å². The number of piperazine rings is 1. The van der Waals surface area contributed by atoms with E-state index in [1.165, 1.54) is 0 Å². The van der Waals surface area contributed by atoms with Crippen LogP contribution in [0.25, 0.3) is 0 Å². The van der Waals surface area contributed by atoms with Crippen LogP contribution in [-0.2, 0) is 16.1 Å². The lowest BCUT2D eigenvalue weighted by Gasteiger charge is -2.46. The van der Waals surface area contributed by atoms with E-state index in [2.05, 4.69) is 4.90 Å². The Kier molecular flexibility index (Phi) is 7.78. The molecule has 3 rings (SSSR count). The lowest BCUT2D eigenvalue weighted by atomic mass is 10.00. The van der Waals surface area contributed by atoms with Gasteiger partial charge in [-0.2, -0.15) is 0 Å². The number of hydrogen-bond donors (Lipinski definition) is 1. The summed E-state index contributed by atoms with van der Waals surface area (Å²) in [7, 11) is 0. The molecule has 8 heteroatoms. The first-order valence-corrected chi connectivity index (χ1v) is 11.1. The van der Waals surface area contributed by atoms with Gasteiger partial charge >= 0.3 is 12.2 Å². The van der Waals surface area contributed by atoms with Crippen molar-refractivity contribution < 1.29 is 24.2 Å². The molecule has 2 amide bonds. The molecule has 1 N–H and O–H groups in total. The minimum atomic E-state index is -0.537. The predicted octanol–water partition coefficient (Wildman–Crippen LogP) is 2.70. The molecule has 2 heterocycles. The Morgan fingerprint density at radius 2 is 1.68 bits per heavy atom. The van der Waals surface area contributed by atoms with Gasteiger partial charge in [-0.25, -0.2) is 9.59 Å². The van der Waals surface area contributed by atoms with Crippen molar-refractivity contribution >= 4 is 12.2 Å². The van der Waals surface area contributed by atoms with E-state index < -0.39 is 5.60 Å². The number of aliphatic hydroxyl groups is 1. The molecular weight excluding hydrogens is 398 g/mol. The van der Waals surface area contributed by atoms with Crippen LogP contribution in [0.5, 0.6) is 0 Å². The summed E-state index contributed by atoms with van der Waals surface area (Å²) in [4.78, 5) is 30.5. The van der Waals surface area contributed by atoms with Crippen LogP contribution in [0.3, 0.4) is 0 Å². The lowest BCUT2D eigenvalue weighted by molar-refractivity contribution is -0.0249. The predicted molar refractivity (Wildman–Crippen MR) is 117 cm³/mol. The largest absolute Gasteiger partial charge is 0.445 e. The van der Waals surface area contributed by atoms with Crippen molar-refractivity contribution in [2.45, 2.75) is 57.9 Å². The average molecular weight is 434 g/mol. The number of carbonyl (C=O) groups is 2. The number of nitrogens with zero attached hydrogens (tertiary/aromatic N) is 3. The molecule has 1 aromatic rings. The molecule has 2 aliphatic heterocycles. The second kappa shape index (κ2) is 10.3. The Labute approximate surface area is 184 Å². The zero-order chi connectivity index (χ0) is 22.4. The SMILES string of the molecule is CC(C)(C)OC(=O)N1CCN(C2CCN(C(=O)OCc3ccccc3)CC2)[C@@H](CO)C1. The van der Waals surface area contributed by atoms with E-state index in [1.54, 1.807) is 9.80 Å². The number of carbonyl (C=O) groups excluding carboxylic acids is 2. The van der Waals surface area contributed by atoms with Gasteiger partial charge in [-0.3, -0.25) is 4.90 Å². The van der Waals surface area contributed by atoms with Crippen molar-refractivity contribution in [3.05, 3.63) is 35.9 Å². The maximum absolute atomic E-state index is 12.4. The molecule has 2 fully saturated rings. The van der Waals surface area contributed by atoms with E-state index in [1.807, 2.05) is 51.1 Å². The second-order valence-electron chi connectivity index (χ2n) is 9.26. The van der Waals surface area contributed by atoms with E-state index in [9.17, 15) is 14.7 Å². The van der Waals surface area contributed by atoms with Gasteiger partial charge in [0.15, 0.2) is 0 Å². The van der Waals surface area contributed by atoms with Gasteiger partial charge in [0, 0.05) is 38.8 Å². The van der Waals surface area contributed by atoms with Crippen LogP contribution in [0, 0.1) is 0 Å². The molecule has 0 aliphatic carbocycles. The third kappa shape index (κ3) is 6.58. The summed E-state index contributed by atoms with van der Waals surface area (Å²) in [5.41, 5.74) is 0.435. The van der Waals surface area contributed by atoms with Crippen molar-refractivity contribution in [1.82, 2.24) is 14.7 Å². The van der Waals surface area contributed by atoms with E-state index in [0.29, 0.717) is 32.7 Å². The number of rotatable bonds is 4. The van der Waals surface area contributed by atoms with Crippen LogP contribution < -0.4 is 0 Å². The number of piperidine rings is 1. The topological polar surface area (TPSA) is 82.6 Å². The maximum atomic E-state index is 12.4. The van der Waals surface area contributed by atoms with Crippen molar-refractivity contribution in [2.24, 2.45) is 0 Å². The molecule has 2 saturated heterocycles. The van der Waals surface area contributed by atoms with Gasteiger partial charge in [0.2, 0.25) is 0 Å². The third-order valence-electron chi connectivity index (χ3n) is 5.79. The molecule has 0 radical (unpaired) electrons. The molecular formula is C23H35N3O5. The standard InChI is InChI=1S/C23H35N3O5/c1-23(2,3)31-22(29)25-13-14-26(20(15-25)16-27)19-9-11-24(12-10-19)21(28)30-17-18-7-5-4-6-8-18/h4-8,19-20,27H,9-17H2,1-3H3/t20-/m1/s1. The molecule has 0 spiro atoms. The van der Waals surface area contributed by atoms with Gasteiger partial charge < -0.3 is 24.4 Å². The first-order chi connectivity index (χ1) is 14.8. The van der Waals surface area contributed by atoms with E-state index in [4.69, 9.17) is 9.47 Å². The second-order valence-corrected chi connectivity index (χ2v) is 9.26. The van der Waals surface area contributed by atoms with E-state index in [0.717, 1.165) is 18.4 Å². The fraction of sp³-hybridized carbons (Fsp3) is 0.652. The first kappa shape index (κ1) is 23.3.